The van der Waals surface area contributed by atoms with E-state index in [9.17, 15) is 8.42 Å². The molecule has 1 atom stereocenters. The number of hydrogen-bond acceptors (Lipinski definition) is 5. The Morgan fingerprint density at radius 3 is 2.62 bits per heavy atom. The van der Waals surface area contributed by atoms with E-state index >= 15 is 0 Å². The Kier molecular flexibility index (Phi) is 7.10. The van der Waals surface area contributed by atoms with E-state index in [1.165, 1.54) is 0 Å². The molecule has 6 nitrogen and oxygen atoms in total. The molecule has 0 bridgehead atoms. The number of benzene rings is 1. The zero-order chi connectivity index (χ0) is 21.3. The van der Waals surface area contributed by atoms with Gasteiger partial charge >= 0.3 is 0 Å². The molecule has 10 heteroatoms. The molecular weight excluding hydrogens is 451 g/mol. The fourth-order valence-corrected chi connectivity index (χ4v) is 6.16. The number of sulfone groups is 1. The summed E-state index contributed by atoms with van der Waals surface area (Å²) in [6.07, 6.45) is 0.645. The maximum absolute atomic E-state index is 11.9. The van der Waals surface area contributed by atoms with Gasteiger partial charge in [0.05, 0.1) is 23.2 Å². The Morgan fingerprint density at radius 2 is 2.07 bits per heavy atom. The molecule has 3 rings (SSSR count). The first-order valence-corrected chi connectivity index (χ1v) is 12.7. The van der Waals surface area contributed by atoms with Crippen LogP contribution in [-0.2, 0) is 23.1 Å². The van der Waals surface area contributed by atoms with Gasteiger partial charge in [0.25, 0.3) is 0 Å². The number of halogens is 2. The van der Waals surface area contributed by atoms with Crippen LogP contribution >= 0.6 is 35.4 Å². The first kappa shape index (κ1) is 22.7. The molecule has 160 valence electrons. The average molecular weight is 477 g/mol. The van der Waals surface area contributed by atoms with Crippen LogP contribution in [0.1, 0.15) is 27.2 Å². The van der Waals surface area contributed by atoms with E-state index < -0.39 is 9.84 Å². The summed E-state index contributed by atoms with van der Waals surface area (Å²) in [7, 11) is -2.96. The predicted molar refractivity (Wildman–Crippen MR) is 121 cm³/mol. The third-order valence-electron chi connectivity index (χ3n) is 5.09. The molecule has 0 spiro atoms. The van der Waals surface area contributed by atoms with Gasteiger partial charge in [-0.2, -0.15) is 5.10 Å². The highest BCUT2D eigenvalue weighted by atomic mass is 35.5. The molecule has 1 aromatic heterocycles. The van der Waals surface area contributed by atoms with Crippen LogP contribution in [0, 0.1) is 10.7 Å². The smallest absolute Gasteiger partial charge is 0.199 e. The summed E-state index contributed by atoms with van der Waals surface area (Å²) in [5.41, 5.74) is 0.771. The van der Waals surface area contributed by atoms with E-state index in [2.05, 4.69) is 18.7 Å². The van der Waals surface area contributed by atoms with Crippen molar-refractivity contribution in [2.24, 2.45) is 5.92 Å². The molecule has 1 fully saturated rings. The molecule has 2 aromatic rings. The van der Waals surface area contributed by atoms with Crippen LogP contribution in [0.2, 0.25) is 10.0 Å². The minimum Gasteiger partial charge on any atom is -0.300 e. The van der Waals surface area contributed by atoms with Crippen molar-refractivity contribution in [2.75, 3.05) is 18.1 Å². The monoisotopic (exact) mass is 476 g/mol. The lowest BCUT2D eigenvalue weighted by atomic mass is 10.2. The lowest BCUT2D eigenvalue weighted by Crippen LogP contribution is -2.37. The predicted octanol–water partition coefficient (Wildman–Crippen LogP) is 4.51. The lowest BCUT2D eigenvalue weighted by molar-refractivity contribution is 0.163. The SMILES string of the molecule is CCN(Cn1nc(-c2ccc(Cl)cc2Cl)n(CC(C)C)c1=S)C1CCS(=O)(=O)C1. The summed E-state index contributed by atoms with van der Waals surface area (Å²) in [6, 6.07) is 5.32. The number of aromatic nitrogens is 3. The highest BCUT2D eigenvalue weighted by molar-refractivity contribution is 7.91. The molecule has 0 amide bonds. The normalized spacial score (nSPS) is 18.8. The van der Waals surface area contributed by atoms with E-state index in [1.54, 1.807) is 16.8 Å². The summed E-state index contributed by atoms with van der Waals surface area (Å²) >= 11 is 18.2. The van der Waals surface area contributed by atoms with E-state index in [4.69, 9.17) is 40.5 Å². The molecule has 2 heterocycles. The molecule has 1 aliphatic rings. The molecule has 1 aliphatic heterocycles. The second-order valence-corrected chi connectivity index (χ2v) is 11.3. The maximum Gasteiger partial charge on any atom is 0.199 e. The number of nitrogens with zero attached hydrogens (tertiary/aromatic N) is 4. The standard InChI is InChI=1S/C19H26Cl2N4O2S2/c1-4-23(15-7-8-29(26,27)11-15)12-25-19(28)24(10-13(2)3)18(22-25)16-6-5-14(20)9-17(16)21/h5-6,9,13,15H,4,7-8,10-12H2,1-3H3. The molecule has 0 saturated carbocycles. The van der Waals surface area contributed by atoms with Crippen LogP contribution in [0.5, 0.6) is 0 Å². The van der Waals surface area contributed by atoms with Gasteiger partial charge in [-0.15, -0.1) is 0 Å². The topological polar surface area (TPSA) is 60.1 Å². The summed E-state index contributed by atoms with van der Waals surface area (Å²) in [6.45, 7) is 8.13. The van der Waals surface area contributed by atoms with Gasteiger partial charge in [0.1, 0.15) is 0 Å². The molecule has 0 N–H and O–H groups in total. The van der Waals surface area contributed by atoms with Gasteiger partial charge in [0.2, 0.25) is 0 Å². The Morgan fingerprint density at radius 1 is 1.34 bits per heavy atom. The molecule has 1 saturated heterocycles. The van der Waals surface area contributed by atoms with Crippen molar-refractivity contribution >= 4 is 45.3 Å². The van der Waals surface area contributed by atoms with Crippen molar-refractivity contribution in [3.63, 3.8) is 0 Å². The van der Waals surface area contributed by atoms with Crippen molar-refractivity contribution in [1.82, 2.24) is 19.2 Å². The summed E-state index contributed by atoms with van der Waals surface area (Å²) in [5.74, 6) is 1.50. The van der Waals surface area contributed by atoms with E-state index in [1.807, 2.05) is 17.6 Å². The molecule has 1 aromatic carbocycles. The van der Waals surface area contributed by atoms with Crippen LogP contribution in [0.25, 0.3) is 11.4 Å². The zero-order valence-corrected chi connectivity index (χ0v) is 20.0. The minimum absolute atomic E-state index is 0.00952. The Labute approximate surface area is 187 Å². The number of rotatable bonds is 7. The van der Waals surface area contributed by atoms with E-state index in [0.29, 0.717) is 46.2 Å². The van der Waals surface area contributed by atoms with Crippen molar-refractivity contribution in [2.45, 2.75) is 46.4 Å². The second kappa shape index (κ2) is 9.06. The van der Waals surface area contributed by atoms with E-state index in [0.717, 1.165) is 12.1 Å². The summed E-state index contributed by atoms with van der Waals surface area (Å²) in [5, 5.41) is 5.86. The molecule has 0 aliphatic carbocycles. The second-order valence-electron chi connectivity index (χ2n) is 7.84. The van der Waals surface area contributed by atoms with Crippen LogP contribution in [-0.4, -0.2) is 51.8 Å². The largest absolute Gasteiger partial charge is 0.300 e. The molecular formula is C19H26Cl2N4O2S2. The molecule has 29 heavy (non-hydrogen) atoms. The minimum atomic E-state index is -2.96. The van der Waals surface area contributed by atoms with Gasteiger partial charge in [-0.1, -0.05) is 44.0 Å². The van der Waals surface area contributed by atoms with Crippen LogP contribution < -0.4 is 0 Å². The highest BCUT2D eigenvalue weighted by Gasteiger charge is 2.32. The molecule has 0 radical (unpaired) electrons. The van der Waals surface area contributed by atoms with Gasteiger partial charge in [0, 0.05) is 23.2 Å². The van der Waals surface area contributed by atoms with Gasteiger partial charge in [0.15, 0.2) is 20.4 Å². The third kappa shape index (κ3) is 5.22. The average Bonchev–Trinajstić information content (AvgIpc) is 3.13. The summed E-state index contributed by atoms with van der Waals surface area (Å²) in [4.78, 5) is 2.13. The Balaban J connectivity index is 1.99. The van der Waals surface area contributed by atoms with Gasteiger partial charge in [-0.25, -0.2) is 13.1 Å². The molecule has 1 unspecified atom stereocenters. The zero-order valence-electron chi connectivity index (χ0n) is 16.8. The van der Waals surface area contributed by atoms with E-state index in [-0.39, 0.29) is 17.5 Å². The van der Waals surface area contributed by atoms with Crippen molar-refractivity contribution < 1.29 is 8.42 Å². The first-order valence-electron chi connectivity index (χ1n) is 9.68. The third-order valence-corrected chi connectivity index (χ3v) is 7.82. The van der Waals surface area contributed by atoms with Crippen molar-refractivity contribution in [1.29, 1.82) is 0 Å². The Hall–Kier alpha value is -0.930. The maximum atomic E-state index is 11.9. The number of hydrogen-bond donors (Lipinski definition) is 0. The first-order chi connectivity index (χ1) is 13.6. The Bertz CT molecular complexity index is 1050. The fourth-order valence-electron chi connectivity index (χ4n) is 3.64. The lowest BCUT2D eigenvalue weighted by Gasteiger charge is -2.26. The van der Waals surface area contributed by atoms with Gasteiger partial charge in [-0.05, 0) is 49.3 Å². The van der Waals surface area contributed by atoms with Gasteiger partial charge < -0.3 is 0 Å². The van der Waals surface area contributed by atoms with Crippen LogP contribution in [0.3, 0.4) is 0 Å². The van der Waals surface area contributed by atoms with Crippen molar-refractivity contribution in [3.05, 3.63) is 33.0 Å². The quantitative estimate of drug-likeness (QED) is 0.550. The van der Waals surface area contributed by atoms with Crippen LogP contribution in [0.15, 0.2) is 18.2 Å². The van der Waals surface area contributed by atoms with Crippen molar-refractivity contribution in [3.8, 4) is 11.4 Å². The van der Waals surface area contributed by atoms with Crippen LogP contribution in [0.4, 0.5) is 0 Å². The summed E-state index contributed by atoms with van der Waals surface area (Å²) < 4.78 is 28.2. The van der Waals surface area contributed by atoms with Gasteiger partial charge in [-0.3, -0.25) is 9.47 Å². The highest BCUT2D eigenvalue weighted by Crippen LogP contribution is 2.30. The fraction of sp³-hybridized carbons (Fsp3) is 0.579.